The van der Waals surface area contributed by atoms with Crippen LogP contribution in [0, 0.1) is 0 Å². The van der Waals surface area contributed by atoms with Crippen LogP contribution in [0.15, 0.2) is 303 Å². The molecule has 0 N–H and O–H groups in total. The molecule has 14 aromatic rings. The lowest BCUT2D eigenvalue weighted by atomic mass is 9.70. The Morgan fingerprint density at radius 3 is 1.38 bits per heavy atom. The molecule has 79 heavy (non-hydrogen) atoms. The first-order valence-corrected chi connectivity index (χ1v) is 27.4. The highest BCUT2D eigenvalue weighted by molar-refractivity contribution is 6.16. The third-order valence-corrected chi connectivity index (χ3v) is 17.0. The fraction of sp³-hybridized carbons (Fsp3) is 0.0130. The van der Waals surface area contributed by atoms with Crippen LogP contribution in [-0.2, 0) is 5.41 Å². The Hall–Kier alpha value is -10.3. The topological polar surface area (TPSA) is 8.17 Å². The summed E-state index contributed by atoms with van der Waals surface area (Å²) >= 11 is 0. The quantitative estimate of drug-likeness (QED) is 0.147. The van der Waals surface area contributed by atoms with Gasteiger partial charge >= 0.3 is 0 Å². The summed E-state index contributed by atoms with van der Waals surface area (Å²) in [7, 11) is 0. The van der Waals surface area contributed by atoms with Gasteiger partial charge in [-0.2, -0.15) is 0 Å². The zero-order chi connectivity index (χ0) is 52.0. The molecule has 0 saturated carbocycles. The lowest BCUT2D eigenvalue weighted by Crippen LogP contribution is -2.25. The number of rotatable bonds is 8. The van der Waals surface area contributed by atoms with Gasteiger partial charge in [-0.1, -0.05) is 224 Å². The molecular weight excluding hydrogens is 953 g/mol. The van der Waals surface area contributed by atoms with Crippen molar-refractivity contribution in [1.29, 1.82) is 0 Å². The predicted octanol–water partition coefficient (Wildman–Crippen LogP) is 20.4. The molecule has 2 aliphatic carbocycles. The Kier molecular flexibility index (Phi) is 10.2. The normalized spacial score (nSPS) is 12.7. The van der Waals surface area contributed by atoms with E-state index in [-0.39, 0.29) is 0 Å². The van der Waals surface area contributed by atoms with Crippen LogP contribution < -0.4 is 4.90 Å². The van der Waals surface area contributed by atoms with Gasteiger partial charge < -0.3 is 9.47 Å². The molecule has 0 saturated heterocycles. The van der Waals surface area contributed by atoms with E-state index in [1.165, 1.54) is 110 Å². The summed E-state index contributed by atoms with van der Waals surface area (Å²) in [5.74, 6) is 0. The van der Waals surface area contributed by atoms with E-state index in [9.17, 15) is 0 Å². The number of anilines is 3. The van der Waals surface area contributed by atoms with Gasteiger partial charge in [0.15, 0.2) is 0 Å². The number of aromatic nitrogens is 1. The number of para-hydroxylation sites is 2. The second-order valence-electron chi connectivity index (χ2n) is 21.1. The van der Waals surface area contributed by atoms with Crippen molar-refractivity contribution in [2.75, 3.05) is 4.90 Å². The molecule has 13 aromatic carbocycles. The van der Waals surface area contributed by atoms with E-state index in [1.807, 2.05) is 0 Å². The third kappa shape index (κ3) is 6.91. The van der Waals surface area contributed by atoms with E-state index >= 15 is 0 Å². The van der Waals surface area contributed by atoms with E-state index in [4.69, 9.17) is 0 Å². The van der Waals surface area contributed by atoms with Crippen LogP contribution in [0.1, 0.15) is 22.3 Å². The van der Waals surface area contributed by atoms with Gasteiger partial charge in [-0.15, -0.1) is 0 Å². The molecule has 16 rings (SSSR count). The van der Waals surface area contributed by atoms with Crippen molar-refractivity contribution in [2.24, 2.45) is 0 Å². The maximum Gasteiger partial charge on any atom is 0.0725 e. The van der Waals surface area contributed by atoms with Gasteiger partial charge in [-0.05, 0) is 179 Å². The van der Waals surface area contributed by atoms with E-state index < -0.39 is 5.41 Å². The van der Waals surface area contributed by atoms with Crippen molar-refractivity contribution < 1.29 is 0 Å². The highest BCUT2D eigenvalue weighted by Gasteiger charge is 2.51. The summed E-state index contributed by atoms with van der Waals surface area (Å²) in [6, 6.07) is 112. The van der Waals surface area contributed by atoms with Crippen molar-refractivity contribution in [2.45, 2.75) is 5.41 Å². The minimum absolute atomic E-state index is 0.411. The second kappa shape index (κ2) is 17.9. The summed E-state index contributed by atoms with van der Waals surface area (Å²) in [6.45, 7) is 0. The van der Waals surface area contributed by atoms with Gasteiger partial charge in [-0.3, -0.25) is 0 Å². The molecule has 2 aliphatic rings. The van der Waals surface area contributed by atoms with Gasteiger partial charge in [0.25, 0.3) is 0 Å². The molecule has 0 fully saturated rings. The SMILES string of the molecule is c1ccc(-c2ccc(N(c3ccc(-c4cc(-c5cccc6ccccc56)cc(-c5cccc6c5c5ccccc5n6-c5ccccc5)c4)cc3)c3ccc4c(c3)-c3ccccc3C43c4ccccc4-c4ccccc43)cc2)cc1. The molecule has 1 aromatic heterocycles. The zero-order valence-corrected chi connectivity index (χ0v) is 43.3. The average Bonchev–Trinajstić information content (AvgIpc) is 4.11. The molecule has 2 nitrogen and oxygen atoms in total. The van der Waals surface area contributed by atoms with Gasteiger partial charge in [-0.25, -0.2) is 0 Å². The summed E-state index contributed by atoms with van der Waals surface area (Å²) in [5, 5.41) is 4.94. The van der Waals surface area contributed by atoms with Crippen molar-refractivity contribution in [3.05, 3.63) is 326 Å². The fourth-order valence-corrected chi connectivity index (χ4v) is 13.6. The predicted molar refractivity (Wildman–Crippen MR) is 331 cm³/mol. The lowest BCUT2D eigenvalue weighted by Gasteiger charge is -2.31. The van der Waals surface area contributed by atoms with Crippen LogP contribution in [0.25, 0.3) is 105 Å². The highest BCUT2D eigenvalue weighted by atomic mass is 15.1. The molecule has 368 valence electrons. The maximum atomic E-state index is 2.45. The minimum atomic E-state index is -0.411. The molecule has 0 radical (unpaired) electrons. The molecule has 1 spiro atoms. The molecule has 0 aliphatic heterocycles. The Morgan fingerprint density at radius 1 is 0.253 bits per heavy atom. The smallest absolute Gasteiger partial charge is 0.0725 e. The lowest BCUT2D eigenvalue weighted by molar-refractivity contribution is 0.794. The monoisotopic (exact) mass is 1000 g/mol. The van der Waals surface area contributed by atoms with Crippen LogP contribution in [0.2, 0.25) is 0 Å². The van der Waals surface area contributed by atoms with Crippen molar-refractivity contribution >= 4 is 49.6 Å². The van der Waals surface area contributed by atoms with E-state index in [1.54, 1.807) is 0 Å². The number of hydrogen-bond donors (Lipinski definition) is 0. The third-order valence-electron chi connectivity index (χ3n) is 17.0. The first-order valence-electron chi connectivity index (χ1n) is 27.4. The first kappa shape index (κ1) is 45.0. The Labute approximate surface area is 460 Å². The molecule has 1 heterocycles. The van der Waals surface area contributed by atoms with Crippen LogP contribution in [0.4, 0.5) is 17.1 Å². The summed E-state index contributed by atoms with van der Waals surface area (Å²) < 4.78 is 2.41. The highest BCUT2D eigenvalue weighted by Crippen LogP contribution is 2.63. The van der Waals surface area contributed by atoms with E-state index in [0.717, 1.165) is 33.9 Å². The minimum Gasteiger partial charge on any atom is -0.310 e. The molecule has 0 atom stereocenters. The number of benzene rings is 13. The standard InChI is InChI=1S/C77H50N2/c1-3-19-51(20-4-1)52-37-41-59(42-38-52)78(61-45-46-73-69(50-61)67-28-11-15-34-72(67)77(73)70-32-13-9-26-65(70)66-27-10-14-33-71(66)77)60-43-39-53(40-44-60)55-47-56(63-30-17-22-54-21-7-8-25-62(54)63)49-57(48-55)64-31-18-36-75-76(64)68-29-12-16-35-74(68)79(75)58-23-5-2-6-24-58/h1-50H. The van der Waals surface area contributed by atoms with E-state index in [2.05, 4.69) is 313 Å². The van der Waals surface area contributed by atoms with Crippen LogP contribution >= 0.6 is 0 Å². The Bertz CT molecular complexity index is 4650. The van der Waals surface area contributed by atoms with Crippen LogP contribution in [-0.4, -0.2) is 4.57 Å². The van der Waals surface area contributed by atoms with Gasteiger partial charge in [0.05, 0.1) is 16.4 Å². The number of hydrogen-bond acceptors (Lipinski definition) is 1. The van der Waals surface area contributed by atoms with Gasteiger partial charge in [0.1, 0.15) is 0 Å². The second-order valence-corrected chi connectivity index (χ2v) is 21.1. The average molecular weight is 1000 g/mol. The summed E-state index contributed by atoms with van der Waals surface area (Å²) in [4.78, 5) is 2.43. The summed E-state index contributed by atoms with van der Waals surface area (Å²) in [6.07, 6.45) is 0. The molecule has 0 amide bonds. The van der Waals surface area contributed by atoms with Crippen molar-refractivity contribution in [1.82, 2.24) is 4.57 Å². The molecule has 0 bridgehead atoms. The van der Waals surface area contributed by atoms with Gasteiger partial charge in [0, 0.05) is 33.5 Å². The van der Waals surface area contributed by atoms with Crippen molar-refractivity contribution in [3.8, 4) is 72.4 Å². The summed E-state index contributed by atoms with van der Waals surface area (Å²) in [5.41, 5.74) is 26.4. The Morgan fingerprint density at radius 2 is 0.696 bits per heavy atom. The fourth-order valence-electron chi connectivity index (χ4n) is 13.6. The number of fused-ring (bicyclic) bond motifs is 14. The molecular formula is C77H50N2. The molecule has 2 heteroatoms. The maximum absolute atomic E-state index is 2.45. The molecule has 0 unspecified atom stereocenters. The van der Waals surface area contributed by atoms with Crippen LogP contribution in [0.3, 0.4) is 0 Å². The number of nitrogens with zero attached hydrogens (tertiary/aromatic N) is 2. The zero-order valence-electron chi connectivity index (χ0n) is 43.3. The van der Waals surface area contributed by atoms with E-state index in [0.29, 0.717) is 0 Å². The van der Waals surface area contributed by atoms with Gasteiger partial charge in [0.2, 0.25) is 0 Å². The van der Waals surface area contributed by atoms with Crippen LogP contribution in [0.5, 0.6) is 0 Å². The largest absolute Gasteiger partial charge is 0.310 e. The first-order chi connectivity index (χ1) is 39.2. The van der Waals surface area contributed by atoms with Crippen molar-refractivity contribution in [3.63, 3.8) is 0 Å². The Balaban J connectivity index is 0.869.